The topological polar surface area (TPSA) is 61.7 Å². The van der Waals surface area contributed by atoms with Gasteiger partial charge in [0.2, 0.25) is 0 Å². The first kappa shape index (κ1) is 14.2. The van der Waals surface area contributed by atoms with Crippen molar-refractivity contribution in [1.82, 2.24) is 5.32 Å². The molecular weight excluding hydrogens is 249 g/mol. The molecule has 0 bridgehead atoms. The third kappa shape index (κ3) is 4.45. The molecule has 4 nitrogen and oxygen atoms in total. The number of aliphatic hydroxyl groups excluding tert-OH is 1. The van der Waals surface area contributed by atoms with Gasteiger partial charge in [-0.1, -0.05) is 0 Å². The first-order chi connectivity index (χ1) is 9.07. The Labute approximate surface area is 112 Å². The van der Waals surface area contributed by atoms with Crippen LogP contribution in [0.25, 0.3) is 0 Å². The highest BCUT2D eigenvalue weighted by Crippen LogP contribution is 2.30. The average molecular weight is 269 g/mol. The second-order valence-electron chi connectivity index (χ2n) is 5.13. The van der Waals surface area contributed by atoms with Crippen LogP contribution in [0.2, 0.25) is 0 Å². The van der Waals surface area contributed by atoms with Crippen LogP contribution in [0, 0.1) is 5.82 Å². The molecule has 0 aromatic heterocycles. The number of ether oxygens (including phenoxy) is 1. The number of hydrogen-bond donors (Lipinski definition) is 3. The van der Waals surface area contributed by atoms with Gasteiger partial charge >= 0.3 is 0 Å². The average Bonchev–Trinajstić information content (AvgIpc) is 2.36. The highest BCUT2D eigenvalue weighted by molar-refractivity contribution is 5.22. The predicted molar refractivity (Wildman–Crippen MR) is 69.6 cm³/mol. The van der Waals surface area contributed by atoms with E-state index in [2.05, 4.69) is 5.32 Å². The Balaban J connectivity index is 1.61. The highest BCUT2D eigenvalue weighted by Gasteiger charge is 2.33. The summed E-state index contributed by atoms with van der Waals surface area (Å²) in [7, 11) is 0. The lowest BCUT2D eigenvalue weighted by atomic mass is 9.80. The van der Waals surface area contributed by atoms with Crippen molar-refractivity contribution in [2.45, 2.75) is 31.0 Å². The van der Waals surface area contributed by atoms with Crippen LogP contribution in [-0.2, 0) is 0 Å². The third-order valence-corrected chi connectivity index (χ3v) is 3.37. The zero-order valence-electron chi connectivity index (χ0n) is 10.8. The molecule has 1 saturated carbocycles. The number of rotatable bonds is 7. The molecular formula is C14H20FNO3. The van der Waals surface area contributed by atoms with E-state index in [1.54, 1.807) is 0 Å². The minimum atomic E-state index is -0.659. The molecule has 1 unspecified atom stereocenters. The quantitative estimate of drug-likeness (QED) is 0.693. The van der Waals surface area contributed by atoms with Gasteiger partial charge in [-0.05, 0) is 43.5 Å². The Morgan fingerprint density at radius 3 is 2.58 bits per heavy atom. The molecule has 0 heterocycles. The van der Waals surface area contributed by atoms with Crippen molar-refractivity contribution in [3.63, 3.8) is 0 Å². The smallest absolute Gasteiger partial charge is 0.123 e. The molecule has 1 aliphatic rings. The Morgan fingerprint density at radius 1 is 1.32 bits per heavy atom. The number of hydrogen-bond acceptors (Lipinski definition) is 4. The largest absolute Gasteiger partial charge is 0.491 e. The summed E-state index contributed by atoms with van der Waals surface area (Å²) in [6.07, 6.45) is 2.05. The molecule has 1 aliphatic carbocycles. The second-order valence-corrected chi connectivity index (χ2v) is 5.13. The van der Waals surface area contributed by atoms with E-state index < -0.39 is 11.7 Å². The lowest BCUT2D eigenvalue weighted by Gasteiger charge is -2.36. The van der Waals surface area contributed by atoms with E-state index in [1.165, 1.54) is 24.3 Å². The van der Waals surface area contributed by atoms with Gasteiger partial charge in [0.15, 0.2) is 0 Å². The molecule has 0 radical (unpaired) electrons. The molecule has 0 spiro atoms. The van der Waals surface area contributed by atoms with Gasteiger partial charge in [0, 0.05) is 13.1 Å². The van der Waals surface area contributed by atoms with Gasteiger partial charge in [0.1, 0.15) is 24.3 Å². The van der Waals surface area contributed by atoms with E-state index in [0.29, 0.717) is 18.8 Å². The maximum absolute atomic E-state index is 12.7. The van der Waals surface area contributed by atoms with Crippen molar-refractivity contribution in [2.24, 2.45) is 0 Å². The van der Waals surface area contributed by atoms with Crippen molar-refractivity contribution in [1.29, 1.82) is 0 Å². The Kier molecular flexibility index (Phi) is 4.74. The van der Waals surface area contributed by atoms with E-state index in [-0.39, 0.29) is 12.4 Å². The monoisotopic (exact) mass is 269 g/mol. The molecule has 5 heteroatoms. The van der Waals surface area contributed by atoms with E-state index in [4.69, 9.17) is 4.74 Å². The van der Waals surface area contributed by atoms with Gasteiger partial charge in [-0.3, -0.25) is 0 Å². The van der Waals surface area contributed by atoms with Crippen LogP contribution in [0.15, 0.2) is 24.3 Å². The van der Waals surface area contributed by atoms with Crippen molar-refractivity contribution in [2.75, 3.05) is 19.7 Å². The number of aliphatic hydroxyl groups is 2. The molecule has 19 heavy (non-hydrogen) atoms. The summed E-state index contributed by atoms with van der Waals surface area (Å²) in [6, 6.07) is 5.66. The van der Waals surface area contributed by atoms with Gasteiger partial charge < -0.3 is 20.3 Å². The first-order valence-corrected chi connectivity index (χ1v) is 6.57. The van der Waals surface area contributed by atoms with Gasteiger partial charge in [-0.25, -0.2) is 4.39 Å². The van der Waals surface area contributed by atoms with Crippen LogP contribution in [0.5, 0.6) is 5.75 Å². The normalized spacial score (nSPS) is 18.7. The van der Waals surface area contributed by atoms with E-state index in [0.717, 1.165) is 19.3 Å². The standard InChI is InChI=1S/C14H20FNO3/c15-11-2-4-13(5-3-11)19-9-12(17)8-16-10-14(18)6-1-7-14/h2-5,12,16-18H,1,6-10H2. The fourth-order valence-electron chi connectivity index (χ4n) is 2.02. The van der Waals surface area contributed by atoms with Crippen molar-refractivity contribution < 1.29 is 19.3 Å². The van der Waals surface area contributed by atoms with E-state index in [1.807, 2.05) is 0 Å². The summed E-state index contributed by atoms with van der Waals surface area (Å²) in [5.41, 5.74) is -0.586. The molecule has 3 N–H and O–H groups in total. The van der Waals surface area contributed by atoms with Crippen molar-refractivity contribution >= 4 is 0 Å². The fourth-order valence-corrected chi connectivity index (χ4v) is 2.02. The molecule has 0 aliphatic heterocycles. The number of halogens is 1. The van der Waals surface area contributed by atoms with Crippen LogP contribution >= 0.6 is 0 Å². The highest BCUT2D eigenvalue weighted by atomic mass is 19.1. The fraction of sp³-hybridized carbons (Fsp3) is 0.571. The number of nitrogens with one attached hydrogen (secondary N) is 1. The molecule has 106 valence electrons. The summed E-state index contributed by atoms with van der Waals surface area (Å²) >= 11 is 0. The summed E-state index contributed by atoms with van der Waals surface area (Å²) in [6.45, 7) is 1.00. The second kappa shape index (κ2) is 6.32. The van der Waals surface area contributed by atoms with Crippen LogP contribution in [0.3, 0.4) is 0 Å². The van der Waals surface area contributed by atoms with Gasteiger partial charge in [-0.2, -0.15) is 0 Å². The summed E-state index contributed by atoms with van der Waals surface area (Å²) in [5.74, 6) is 0.210. The van der Waals surface area contributed by atoms with Gasteiger partial charge in [0.05, 0.1) is 5.60 Å². The number of benzene rings is 1. The van der Waals surface area contributed by atoms with Crippen LogP contribution in [-0.4, -0.2) is 41.6 Å². The molecule has 2 rings (SSSR count). The predicted octanol–water partition coefficient (Wildman–Crippen LogP) is 1.07. The van der Waals surface area contributed by atoms with Crippen LogP contribution in [0.1, 0.15) is 19.3 Å². The first-order valence-electron chi connectivity index (χ1n) is 6.57. The molecule has 1 atom stereocenters. The van der Waals surface area contributed by atoms with E-state index in [9.17, 15) is 14.6 Å². The maximum atomic E-state index is 12.7. The Hall–Kier alpha value is -1.17. The minimum absolute atomic E-state index is 0.136. The molecule has 0 amide bonds. The molecule has 0 saturated heterocycles. The Bertz CT molecular complexity index is 392. The van der Waals surface area contributed by atoms with Crippen LogP contribution in [0.4, 0.5) is 4.39 Å². The lowest BCUT2D eigenvalue weighted by molar-refractivity contribution is -0.0334. The van der Waals surface area contributed by atoms with Crippen molar-refractivity contribution in [3.8, 4) is 5.75 Å². The SMILES string of the molecule is OC(CNCC1(O)CCC1)COc1ccc(F)cc1. The minimum Gasteiger partial charge on any atom is -0.491 e. The molecule has 1 aromatic rings. The summed E-state index contributed by atoms with van der Waals surface area (Å²) < 4.78 is 18.0. The zero-order chi connectivity index (χ0) is 13.7. The molecule has 1 aromatic carbocycles. The zero-order valence-corrected chi connectivity index (χ0v) is 10.8. The van der Waals surface area contributed by atoms with E-state index >= 15 is 0 Å². The lowest BCUT2D eigenvalue weighted by Crippen LogP contribution is -2.48. The van der Waals surface area contributed by atoms with Gasteiger partial charge in [0.25, 0.3) is 0 Å². The molecule has 1 fully saturated rings. The maximum Gasteiger partial charge on any atom is 0.123 e. The summed E-state index contributed by atoms with van der Waals surface area (Å²) in [4.78, 5) is 0. The third-order valence-electron chi connectivity index (χ3n) is 3.37. The van der Waals surface area contributed by atoms with Crippen LogP contribution < -0.4 is 10.1 Å². The van der Waals surface area contributed by atoms with Crippen molar-refractivity contribution in [3.05, 3.63) is 30.1 Å². The Morgan fingerprint density at radius 2 is 2.00 bits per heavy atom. The van der Waals surface area contributed by atoms with Gasteiger partial charge in [-0.15, -0.1) is 0 Å². The summed E-state index contributed by atoms with van der Waals surface area (Å²) in [5, 5.41) is 22.6.